The van der Waals surface area contributed by atoms with Gasteiger partial charge in [-0.1, -0.05) is 6.07 Å². The maximum atomic E-state index is 12.4. The summed E-state index contributed by atoms with van der Waals surface area (Å²) in [5.74, 6) is 3.61. The van der Waals surface area contributed by atoms with Crippen LogP contribution in [0.25, 0.3) is 0 Å². The van der Waals surface area contributed by atoms with Crippen molar-refractivity contribution in [3.63, 3.8) is 0 Å². The second-order valence-corrected chi connectivity index (χ2v) is 13.6. The molecule has 5 heterocycles. The number of piperidine rings is 1. The van der Waals surface area contributed by atoms with Gasteiger partial charge in [0.05, 0.1) is 5.69 Å². The van der Waals surface area contributed by atoms with E-state index in [1.165, 1.54) is 35.1 Å². The summed E-state index contributed by atoms with van der Waals surface area (Å²) in [6.07, 6.45) is 8.63. The maximum absolute atomic E-state index is 12.4. The van der Waals surface area contributed by atoms with Gasteiger partial charge in [-0.15, -0.1) is 0 Å². The van der Waals surface area contributed by atoms with Crippen LogP contribution >= 0.6 is 0 Å². The molecule has 5 aliphatic rings. The molecular weight excluding hydrogens is 516 g/mol. The zero-order valence-corrected chi connectivity index (χ0v) is 24.8. The summed E-state index contributed by atoms with van der Waals surface area (Å²) in [7, 11) is 0. The molecule has 1 aromatic heterocycles. The van der Waals surface area contributed by atoms with Crippen molar-refractivity contribution in [1.29, 1.82) is 0 Å². The van der Waals surface area contributed by atoms with Crippen LogP contribution in [-0.2, 0) is 16.1 Å². The van der Waals surface area contributed by atoms with Crippen molar-refractivity contribution in [3.05, 3.63) is 46.6 Å². The van der Waals surface area contributed by atoms with E-state index in [9.17, 15) is 4.79 Å². The van der Waals surface area contributed by atoms with Crippen LogP contribution in [0, 0.1) is 0 Å². The molecule has 1 aliphatic carbocycles. The minimum atomic E-state index is -0.446. The van der Waals surface area contributed by atoms with Gasteiger partial charge in [-0.25, -0.2) is 9.78 Å². The van der Waals surface area contributed by atoms with E-state index in [-0.39, 0.29) is 6.09 Å². The number of ether oxygens (including phenoxy) is 3. The van der Waals surface area contributed by atoms with Crippen LogP contribution in [0.3, 0.4) is 0 Å². The highest BCUT2D eigenvalue weighted by Gasteiger charge is 2.39. The highest BCUT2D eigenvalue weighted by atomic mass is 16.6. The fraction of sp³-hybridized carbons (Fsp3) is 0.636. The molecule has 0 radical (unpaired) electrons. The average Bonchev–Trinajstić information content (AvgIpc) is 3.78. The summed E-state index contributed by atoms with van der Waals surface area (Å²) >= 11 is 0. The number of aromatic nitrogens is 1. The first-order valence-corrected chi connectivity index (χ1v) is 15.7. The molecule has 1 N–H and O–H groups in total. The van der Waals surface area contributed by atoms with Crippen LogP contribution in [0.2, 0.25) is 0 Å². The van der Waals surface area contributed by atoms with Gasteiger partial charge < -0.3 is 24.4 Å². The Labute approximate surface area is 243 Å². The van der Waals surface area contributed by atoms with Crippen LogP contribution in [0.5, 0.6) is 5.75 Å². The van der Waals surface area contributed by atoms with Gasteiger partial charge in [-0.3, -0.25) is 4.90 Å². The first kappa shape index (κ1) is 27.0. The van der Waals surface area contributed by atoms with E-state index in [1.807, 2.05) is 31.9 Å². The van der Waals surface area contributed by atoms with Gasteiger partial charge in [0, 0.05) is 44.1 Å². The lowest BCUT2D eigenvalue weighted by molar-refractivity contribution is -0.0196. The number of carbonyl (C=O) groups excluding carboxylic acids is 1. The van der Waals surface area contributed by atoms with E-state index in [4.69, 9.17) is 19.2 Å². The number of hydrogen-bond acceptors (Lipinski definition) is 7. The van der Waals surface area contributed by atoms with E-state index in [2.05, 4.69) is 28.4 Å². The van der Waals surface area contributed by atoms with Gasteiger partial charge >= 0.3 is 6.09 Å². The molecule has 3 saturated heterocycles. The SMILES string of the molecule is CC(C)(C)OC(=O)N1CC(N2CCC(c3cc4c(c(C5CC5)c3)OCc3c(C5CCOCC5)ccnc3N4)CC2)C1. The Morgan fingerprint density at radius 2 is 1.71 bits per heavy atom. The number of fused-ring (bicyclic) bond motifs is 2. The van der Waals surface area contributed by atoms with Crippen LogP contribution in [0.15, 0.2) is 24.4 Å². The molecule has 8 nitrogen and oxygen atoms in total. The summed E-state index contributed by atoms with van der Waals surface area (Å²) in [4.78, 5) is 21.6. The number of carbonyl (C=O) groups is 1. The average molecular weight is 561 g/mol. The first-order valence-electron chi connectivity index (χ1n) is 15.7. The number of amides is 1. The van der Waals surface area contributed by atoms with Crippen LogP contribution in [0.4, 0.5) is 16.3 Å². The van der Waals surface area contributed by atoms with Gasteiger partial charge in [-0.2, -0.15) is 0 Å². The lowest BCUT2D eigenvalue weighted by Gasteiger charge is -2.47. The van der Waals surface area contributed by atoms with Crippen molar-refractivity contribution in [2.45, 2.75) is 95.3 Å². The number of nitrogens with zero attached hydrogens (tertiary/aromatic N) is 3. The fourth-order valence-corrected chi connectivity index (χ4v) is 7.05. The normalized spacial score (nSPS) is 22.6. The Kier molecular flexibility index (Phi) is 7.10. The summed E-state index contributed by atoms with van der Waals surface area (Å²) in [6, 6.07) is 7.42. The summed E-state index contributed by atoms with van der Waals surface area (Å²) in [6.45, 7) is 11.7. The third kappa shape index (κ3) is 5.65. The molecule has 0 bridgehead atoms. The Morgan fingerprint density at radius 1 is 0.976 bits per heavy atom. The molecule has 4 aliphatic heterocycles. The second kappa shape index (κ2) is 10.8. The molecule has 1 saturated carbocycles. The predicted molar refractivity (Wildman–Crippen MR) is 158 cm³/mol. The molecule has 41 heavy (non-hydrogen) atoms. The largest absolute Gasteiger partial charge is 0.486 e. The van der Waals surface area contributed by atoms with Crippen molar-refractivity contribution in [2.24, 2.45) is 0 Å². The van der Waals surface area contributed by atoms with E-state index >= 15 is 0 Å². The molecule has 0 unspecified atom stereocenters. The van der Waals surface area contributed by atoms with Crippen molar-refractivity contribution in [1.82, 2.24) is 14.8 Å². The molecule has 2 aromatic rings. The van der Waals surface area contributed by atoms with Gasteiger partial charge in [0.1, 0.15) is 23.8 Å². The molecule has 0 atom stereocenters. The highest BCUT2D eigenvalue weighted by Crippen LogP contribution is 2.50. The minimum Gasteiger partial charge on any atom is -0.486 e. The summed E-state index contributed by atoms with van der Waals surface area (Å²) in [5.41, 5.74) is 6.00. The smallest absolute Gasteiger partial charge is 0.410 e. The van der Waals surface area contributed by atoms with E-state index in [0.717, 1.165) is 82.3 Å². The Balaban J connectivity index is 1.05. The maximum Gasteiger partial charge on any atom is 0.410 e. The van der Waals surface area contributed by atoms with Crippen molar-refractivity contribution < 1.29 is 19.0 Å². The van der Waals surface area contributed by atoms with Crippen molar-refractivity contribution in [3.8, 4) is 5.75 Å². The third-order valence-corrected chi connectivity index (χ3v) is 9.56. The zero-order valence-electron chi connectivity index (χ0n) is 24.8. The molecule has 0 spiro atoms. The molecule has 4 fully saturated rings. The first-order chi connectivity index (χ1) is 19.8. The molecular formula is C33H44N4O4. The molecule has 220 valence electrons. The van der Waals surface area contributed by atoms with E-state index in [1.54, 1.807) is 0 Å². The number of nitrogens with one attached hydrogen (secondary N) is 1. The number of anilines is 2. The van der Waals surface area contributed by atoms with Crippen molar-refractivity contribution >= 4 is 17.6 Å². The monoisotopic (exact) mass is 560 g/mol. The summed E-state index contributed by atoms with van der Waals surface area (Å²) < 4.78 is 17.8. The Hall–Kier alpha value is -2.84. The molecule has 1 aromatic carbocycles. The number of rotatable bonds is 4. The highest BCUT2D eigenvalue weighted by molar-refractivity contribution is 5.72. The van der Waals surface area contributed by atoms with Gasteiger partial charge in [0.2, 0.25) is 0 Å². The van der Waals surface area contributed by atoms with Crippen LogP contribution < -0.4 is 10.1 Å². The van der Waals surface area contributed by atoms with Gasteiger partial charge in [0.15, 0.2) is 0 Å². The summed E-state index contributed by atoms with van der Waals surface area (Å²) in [5, 5.41) is 3.73. The third-order valence-electron chi connectivity index (χ3n) is 9.56. The number of pyridine rings is 1. The Morgan fingerprint density at radius 3 is 2.41 bits per heavy atom. The van der Waals surface area contributed by atoms with Crippen LogP contribution in [-0.4, -0.2) is 71.9 Å². The van der Waals surface area contributed by atoms with E-state index < -0.39 is 5.60 Å². The number of benzene rings is 1. The Bertz CT molecular complexity index is 1280. The van der Waals surface area contributed by atoms with Gasteiger partial charge in [-0.05, 0) is 119 Å². The number of hydrogen-bond donors (Lipinski definition) is 1. The fourth-order valence-electron chi connectivity index (χ4n) is 7.05. The molecule has 8 heteroatoms. The standard InChI is InChI=1S/C33H44N4O4/c1-33(2,3)41-32(38)37-18-25(19-37)36-12-7-21(8-13-36)24-16-27(22-4-5-22)30-29(17-24)35-31-28(20-40-30)26(6-11-34-31)23-9-14-39-15-10-23/h6,11,16-17,21-23,25H,4-5,7-10,12-15,18-20H2,1-3H3,(H,34,35). The topological polar surface area (TPSA) is 76.2 Å². The van der Waals surface area contributed by atoms with Crippen molar-refractivity contribution in [2.75, 3.05) is 44.7 Å². The second-order valence-electron chi connectivity index (χ2n) is 13.6. The predicted octanol–water partition coefficient (Wildman–Crippen LogP) is 6.29. The van der Waals surface area contributed by atoms with Gasteiger partial charge in [0.25, 0.3) is 0 Å². The van der Waals surface area contributed by atoms with E-state index in [0.29, 0.717) is 30.4 Å². The molecule has 7 rings (SSSR count). The zero-order chi connectivity index (χ0) is 28.1. The van der Waals surface area contributed by atoms with Crippen LogP contribution in [0.1, 0.15) is 99.3 Å². The number of likely N-dealkylation sites (tertiary alicyclic amines) is 2. The minimum absolute atomic E-state index is 0.188. The quantitative estimate of drug-likeness (QED) is 0.471. The molecule has 1 amide bonds. The lowest BCUT2D eigenvalue weighted by Crippen LogP contribution is -2.62. The lowest BCUT2D eigenvalue weighted by atomic mass is 9.86.